The van der Waals surface area contributed by atoms with Crippen molar-refractivity contribution in [1.82, 2.24) is 0 Å². The average molecular weight is 439 g/mol. The number of halogens is 1. The highest BCUT2D eigenvalue weighted by atomic mass is 127. The maximum absolute atomic E-state index is 5.95. The maximum Gasteiger partial charge on any atom is 0.193 e. The van der Waals surface area contributed by atoms with Crippen LogP contribution in [0.15, 0.2) is 47.5 Å². The zero-order chi connectivity index (χ0) is 16.2. The van der Waals surface area contributed by atoms with Crippen molar-refractivity contribution in [2.75, 3.05) is 12.4 Å². The largest absolute Gasteiger partial charge is 0.496 e. The van der Waals surface area contributed by atoms with Gasteiger partial charge in [-0.15, -0.1) is 24.0 Å². The van der Waals surface area contributed by atoms with E-state index in [4.69, 9.17) is 15.2 Å². The first-order chi connectivity index (χ1) is 11.2. The standard InChI is InChI=1S/C18H21N3O2.HI/c1-12-8-13-9-16(22-2)14(10-17(13)23-12)11-20-18(19)21-15-6-4-3-5-7-15;/h3-7,9-10,12H,8,11H2,1-2H3,(H3,19,20,21);1H. The third kappa shape index (κ3) is 4.31. The Bertz CT molecular complexity index is 720. The summed E-state index contributed by atoms with van der Waals surface area (Å²) < 4.78 is 11.3. The molecule has 2 aromatic rings. The van der Waals surface area contributed by atoms with Crippen LogP contribution in [0.5, 0.6) is 11.5 Å². The minimum Gasteiger partial charge on any atom is -0.496 e. The van der Waals surface area contributed by atoms with Gasteiger partial charge in [0.2, 0.25) is 0 Å². The van der Waals surface area contributed by atoms with Crippen LogP contribution in [-0.2, 0) is 13.0 Å². The number of fused-ring (bicyclic) bond motifs is 1. The Morgan fingerprint density at radius 1 is 1.33 bits per heavy atom. The number of nitrogens with zero attached hydrogens (tertiary/aromatic N) is 1. The molecular weight excluding hydrogens is 417 g/mol. The van der Waals surface area contributed by atoms with Crippen LogP contribution in [0.1, 0.15) is 18.1 Å². The molecule has 6 heteroatoms. The first-order valence-electron chi connectivity index (χ1n) is 7.64. The summed E-state index contributed by atoms with van der Waals surface area (Å²) in [5.74, 6) is 2.10. The van der Waals surface area contributed by atoms with Gasteiger partial charge in [-0.1, -0.05) is 18.2 Å². The zero-order valence-corrected chi connectivity index (χ0v) is 16.1. The number of nitrogens with one attached hydrogen (secondary N) is 1. The van der Waals surface area contributed by atoms with E-state index >= 15 is 0 Å². The van der Waals surface area contributed by atoms with E-state index in [1.807, 2.05) is 42.5 Å². The summed E-state index contributed by atoms with van der Waals surface area (Å²) in [6.45, 7) is 2.49. The number of ether oxygens (including phenoxy) is 2. The predicted molar refractivity (Wildman–Crippen MR) is 108 cm³/mol. The van der Waals surface area contributed by atoms with Gasteiger partial charge in [0.05, 0.1) is 13.7 Å². The molecule has 1 aliphatic heterocycles. The summed E-state index contributed by atoms with van der Waals surface area (Å²) in [6, 6.07) is 13.7. The zero-order valence-electron chi connectivity index (χ0n) is 13.8. The molecule has 1 aliphatic rings. The molecule has 3 N–H and O–H groups in total. The minimum absolute atomic E-state index is 0. The highest BCUT2D eigenvalue weighted by Gasteiger charge is 2.21. The van der Waals surface area contributed by atoms with Gasteiger partial charge in [-0.25, -0.2) is 4.99 Å². The van der Waals surface area contributed by atoms with Gasteiger partial charge in [-0.3, -0.25) is 0 Å². The van der Waals surface area contributed by atoms with Crippen molar-refractivity contribution in [2.45, 2.75) is 26.0 Å². The molecule has 0 fully saturated rings. The maximum atomic E-state index is 5.95. The lowest BCUT2D eigenvalue weighted by atomic mass is 10.1. The summed E-state index contributed by atoms with van der Waals surface area (Å²) >= 11 is 0. The summed E-state index contributed by atoms with van der Waals surface area (Å²) in [5, 5.41) is 3.06. The number of para-hydroxylation sites is 1. The summed E-state index contributed by atoms with van der Waals surface area (Å²) in [5.41, 5.74) is 8.99. The lowest BCUT2D eigenvalue weighted by Crippen LogP contribution is -2.22. The van der Waals surface area contributed by atoms with Gasteiger partial charge in [0.25, 0.3) is 0 Å². The second kappa shape index (κ2) is 8.23. The third-order valence-electron chi connectivity index (χ3n) is 3.77. The second-order valence-corrected chi connectivity index (χ2v) is 5.60. The van der Waals surface area contributed by atoms with Gasteiger partial charge in [0, 0.05) is 23.2 Å². The number of benzene rings is 2. The molecule has 0 spiro atoms. The molecule has 24 heavy (non-hydrogen) atoms. The van der Waals surface area contributed by atoms with Crippen LogP contribution in [0.3, 0.4) is 0 Å². The Hall–Kier alpha value is -1.96. The Kier molecular flexibility index (Phi) is 6.30. The van der Waals surface area contributed by atoms with Crippen molar-refractivity contribution >= 4 is 35.6 Å². The molecule has 1 unspecified atom stereocenters. The average Bonchev–Trinajstić information content (AvgIpc) is 2.91. The Morgan fingerprint density at radius 3 is 2.79 bits per heavy atom. The highest BCUT2D eigenvalue weighted by Crippen LogP contribution is 2.35. The molecule has 0 aromatic heterocycles. The lowest BCUT2D eigenvalue weighted by molar-refractivity contribution is 0.254. The van der Waals surface area contributed by atoms with Crippen LogP contribution < -0.4 is 20.5 Å². The van der Waals surface area contributed by atoms with Crippen LogP contribution in [0.4, 0.5) is 5.69 Å². The number of guanidine groups is 1. The molecule has 2 aromatic carbocycles. The number of hydrogen-bond acceptors (Lipinski definition) is 3. The van der Waals surface area contributed by atoms with Crippen molar-refractivity contribution in [1.29, 1.82) is 0 Å². The fourth-order valence-electron chi connectivity index (χ4n) is 2.67. The SMILES string of the molecule is COc1cc2c(cc1CN=C(N)Nc1ccccc1)OC(C)C2.I. The van der Waals surface area contributed by atoms with E-state index in [9.17, 15) is 0 Å². The molecule has 0 radical (unpaired) electrons. The Labute approximate surface area is 159 Å². The Morgan fingerprint density at radius 2 is 2.08 bits per heavy atom. The summed E-state index contributed by atoms with van der Waals surface area (Å²) in [4.78, 5) is 4.39. The van der Waals surface area contributed by atoms with Crippen molar-refractivity contribution in [2.24, 2.45) is 10.7 Å². The fraction of sp³-hybridized carbons (Fsp3) is 0.278. The summed E-state index contributed by atoms with van der Waals surface area (Å²) in [6.07, 6.45) is 1.12. The van der Waals surface area contributed by atoms with Gasteiger partial charge in [-0.2, -0.15) is 0 Å². The first kappa shape index (κ1) is 18.4. The molecule has 1 atom stereocenters. The van der Waals surface area contributed by atoms with Gasteiger partial charge in [-0.05, 0) is 31.2 Å². The molecule has 128 valence electrons. The fourth-order valence-corrected chi connectivity index (χ4v) is 2.67. The van der Waals surface area contributed by atoms with Crippen LogP contribution >= 0.6 is 24.0 Å². The molecule has 0 saturated heterocycles. The highest BCUT2D eigenvalue weighted by molar-refractivity contribution is 14.0. The molecule has 0 aliphatic carbocycles. The van der Waals surface area contributed by atoms with Crippen molar-refractivity contribution < 1.29 is 9.47 Å². The normalized spacial score (nSPS) is 15.9. The number of nitrogens with two attached hydrogens (primary N) is 1. The van der Waals surface area contributed by atoms with Crippen molar-refractivity contribution in [3.63, 3.8) is 0 Å². The number of rotatable bonds is 4. The van der Waals surface area contributed by atoms with Crippen molar-refractivity contribution in [3.05, 3.63) is 53.6 Å². The molecular formula is C18H22IN3O2. The second-order valence-electron chi connectivity index (χ2n) is 5.60. The third-order valence-corrected chi connectivity index (χ3v) is 3.77. The molecule has 0 bridgehead atoms. The van der Waals surface area contributed by atoms with Crippen LogP contribution in [0.2, 0.25) is 0 Å². The van der Waals surface area contributed by atoms with Crippen molar-refractivity contribution in [3.8, 4) is 11.5 Å². The van der Waals surface area contributed by atoms with Crippen LogP contribution in [0, 0.1) is 0 Å². The molecule has 3 rings (SSSR count). The van der Waals surface area contributed by atoms with Gasteiger partial charge in [0.1, 0.15) is 17.6 Å². The number of methoxy groups -OCH3 is 1. The predicted octanol–water partition coefficient (Wildman–Crippen LogP) is 3.56. The molecule has 0 amide bonds. The van der Waals surface area contributed by atoms with Gasteiger partial charge < -0.3 is 20.5 Å². The topological polar surface area (TPSA) is 68.9 Å². The van der Waals surface area contributed by atoms with Gasteiger partial charge >= 0.3 is 0 Å². The van der Waals surface area contributed by atoms with E-state index in [0.29, 0.717) is 12.5 Å². The van der Waals surface area contributed by atoms with E-state index < -0.39 is 0 Å². The smallest absolute Gasteiger partial charge is 0.193 e. The van der Waals surface area contributed by atoms with E-state index in [1.54, 1.807) is 7.11 Å². The Balaban J connectivity index is 0.00000208. The molecule has 0 saturated carbocycles. The monoisotopic (exact) mass is 439 g/mol. The van der Waals surface area contributed by atoms with Crippen LogP contribution in [-0.4, -0.2) is 19.2 Å². The van der Waals surface area contributed by atoms with Crippen LogP contribution in [0.25, 0.3) is 0 Å². The quantitative estimate of drug-likeness (QED) is 0.434. The van der Waals surface area contributed by atoms with E-state index in [0.717, 1.165) is 29.2 Å². The summed E-state index contributed by atoms with van der Waals surface area (Å²) in [7, 11) is 1.67. The minimum atomic E-state index is 0. The van der Waals surface area contributed by atoms with E-state index in [2.05, 4.69) is 17.2 Å². The lowest BCUT2D eigenvalue weighted by Gasteiger charge is -2.10. The number of aliphatic imine (C=N–C) groups is 1. The number of anilines is 1. The molecule has 1 heterocycles. The number of hydrogen-bond donors (Lipinski definition) is 2. The van der Waals surface area contributed by atoms with Gasteiger partial charge in [0.15, 0.2) is 5.96 Å². The van der Waals surface area contributed by atoms with E-state index in [-0.39, 0.29) is 30.1 Å². The first-order valence-corrected chi connectivity index (χ1v) is 7.64. The molecule has 5 nitrogen and oxygen atoms in total. The van der Waals surface area contributed by atoms with E-state index in [1.165, 1.54) is 5.56 Å².